The molecule has 2 aromatic rings. The van der Waals surface area contributed by atoms with Gasteiger partial charge in [0, 0.05) is 12.2 Å². The van der Waals surface area contributed by atoms with E-state index < -0.39 is 6.10 Å². The van der Waals surface area contributed by atoms with Gasteiger partial charge in [-0.2, -0.15) is 0 Å². The van der Waals surface area contributed by atoms with Crippen LogP contribution in [0.1, 0.15) is 18.7 Å². The molecule has 2 unspecified atom stereocenters. The summed E-state index contributed by atoms with van der Waals surface area (Å²) in [5.74, 6) is 0. The molecule has 0 spiro atoms. The van der Waals surface area contributed by atoms with Gasteiger partial charge in [-0.15, -0.1) is 5.10 Å². The zero-order valence-corrected chi connectivity index (χ0v) is 7.83. The monoisotopic (exact) mass is 192 g/mol. The van der Waals surface area contributed by atoms with E-state index in [-0.39, 0.29) is 6.04 Å². The van der Waals surface area contributed by atoms with Gasteiger partial charge < -0.3 is 10.8 Å². The molecule has 0 aliphatic heterocycles. The van der Waals surface area contributed by atoms with Crippen LogP contribution in [0.3, 0.4) is 0 Å². The molecule has 0 amide bonds. The van der Waals surface area contributed by atoms with E-state index in [9.17, 15) is 5.11 Å². The highest BCUT2D eigenvalue weighted by Gasteiger charge is 2.18. The summed E-state index contributed by atoms with van der Waals surface area (Å²) in [6, 6.07) is 5.22. The van der Waals surface area contributed by atoms with E-state index >= 15 is 0 Å². The van der Waals surface area contributed by atoms with E-state index in [0.717, 1.165) is 5.52 Å². The van der Waals surface area contributed by atoms with Crippen LogP contribution < -0.4 is 5.73 Å². The highest BCUT2D eigenvalue weighted by molar-refractivity contribution is 5.51. The molecule has 5 heteroatoms. The van der Waals surface area contributed by atoms with Crippen LogP contribution in [-0.4, -0.2) is 26.0 Å². The van der Waals surface area contributed by atoms with Gasteiger partial charge in [0.2, 0.25) is 0 Å². The van der Waals surface area contributed by atoms with E-state index in [2.05, 4.69) is 10.3 Å². The molecule has 2 rings (SSSR count). The minimum atomic E-state index is -0.769. The lowest BCUT2D eigenvalue weighted by Gasteiger charge is -2.10. The van der Waals surface area contributed by atoms with Crippen molar-refractivity contribution in [2.75, 3.05) is 0 Å². The minimum Gasteiger partial charge on any atom is -0.385 e. The maximum atomic E-state index is 9.74. The smallest absolute Gasteiger partial charge is 0.121 e. The highest BCUT2D eigenvalue weighted by atomic mass is 16.3. The van der Waals surface area contributed by atoms with Gasteiger partial charge in [-0.05, 0) is 19.1 Å². The molecule has 2 atom stereocenters. The fourth-order valence-electron chi connectivity index (χ4n) is 1.32. The highest BCUT2D eigenvalue weighted by Crippen LogP contribution is 2.17. The van der Waals surface area contributed by atoms with E-state index in [4.69, 9.17) is 5.73 Å². The number of hydrogen-bond donors (Lipinski definition) is 2. The van der Waals surface area contributed by atoms with Crippen molar-refractivity contribution >= 4 is 5.52 Å². The Balaban J connectivity index is 2.53. The summed E-state index contributed by atoms with van der Waals surface area (Å²) in [5.41, 5.74) is 6.91. The number of pyridine rings is 1. The van der Waals surface area contributed by atoms with Gasteiger partial charge in [-0.25, -0.2) is 4.52 Å². The summed E-state index contributed by atoms with van der Waals surface area (Å²) in [7, 11) is 0. The summed E-state index contributed by atoms with van der Waals surface area (Å²) < 4.78 is 1.61. The first-order valence-electron chi connectivity index (χ1n) is 4.43. The van der Waals surface area contributed by atoms with Gasteiger partial charge in [0.05, 0.1) is 5.52 Å². The number of nitrogens with two attached hydrogens (primary N) is 1. The number of rotatable bonds is 2. The van der Waals surface area contributed by atoms with Crippen LogP contribution in [0.15, 0.2) is 24.4 Å². The van der Waals surface area contributed by atoms with Crippen LogP contribution in [-0.2, 0) is 0 Å². The van der Waals surface area contributed by atoms with Crippen molar-refractivity contribution in [3.8, 4) is 0 Å². The van der Waals surface area contributed by atoms with E-state index in [0.29, 0.717) is 5.69 Å². The van der Waals surface area contributed by atoms with Crippen molar-refractivity contribution < 1.29 is 5.11 Å². The second-order valence-electron chi connectivity index (χ2n) is 3.31. The van der Waals surface area contributed by atoms with Crippen molar-refractivity contribution in [1.82, 2.24) is 14.8 Å². The lowest BCUT2D eigenvalue weighted by Crippen LogP contribution is -2.24. The van der Waals surface area contributed by atoms with Crippen LogP contribution in [0.5, 0.6) is 0 Å². The minimum absolute atomic E-state index is 0.351. The number of nitrogens with zero attached hydrogens (tertiary/aromatic N) is 3. The molecule has 0 bridgehead atoms. The van der Waals surface area contributed by atoms with Crippen LogP contribution in [0, 0.1) is 0 Å². The SMILES string of the molecule is CC(N)C(O)c1nnn2ccccc12. The molecule has 2 heterocycles. The molecule has 0 aromatic carbocycles. The number of hydrogen-bond acceptors (Lipinski definition) is 4. The van der Waals surface area contributed by atoms with Crippen LogP contribution in [0.2, 0.25) is 0 Å². The number of aliphatic hydroxyl groups excluding tert-OH is 1. The standard InChI is InChI=1S/C9H12N4O/c1-6(10)9(14)8-7-4-2-3-5-13(7)12-11-8/h2-6,9,14H,10H2,1H3. The molecule has 5 nitrogen and oxygen atoms in total. The molecule has 0 radical (unpaired) electrons. The molecule has 0 aliphatic rings. The average Bonchev–Trinajstić information content (AvgIpc) is 2.60. The molecule has 0 saturated heterocycles. The van der Waals surface area contributed by atoms with Crippen LogP contribution >= 0.6 is 0 Å². The first-order chi connectivity index (χ1) is 6.70. The summed E-state index contributed by atoms with van der Waals surface area (Å²) in [6.45, 7) is 1.73. The molecule has 14 heavy (non-hydrogen) atoms. The summed E-state index contributed by atoms with van der Waals surface area (Å²) in [5, 5.41) is 17.5. The largest absolute Gasteiger partial charge is 0.385 e. The Bertz CT molecular complexity index is 437. The predicted molar refractivity (Wildman–Crippen MR) is 51.6 cm³/mol. The van der Waals surface area contributed by atoms with Gasteiger partial charge in [0.15, 0.2) is 0 Å². The third kappa shape index (κ3) is 1.36. The second-order valence-corrected chi connectivity index (χ2v) is 3.31. The Morgan fingerprint density at radius 2 is 2.29 bits per heavy atom. The Kier molecular flexibility index (Phi) is 2.18. The summed E-state index contributed by atoms with van der Waals surface area (Å²) in [4.78, 5) is 0. The molecule has 0 saturated carbocycles. The molecule has 2 aromatic heterocycles. The molecule has 0 fully saturated rings. The number of fused-ring (bicyclic) bond motifs is 1. The molecule has 74 valence electrons. The van der Waals surface area contributed by atoms with Crippen molar-refractivity contribution in [3.05, 3.63) is 30.1 Å². The molecule has 0 aliphatic carbocycles. The molecular weight excluding hydrogens is 180 g/mol. The van der Waals surface area contributed by atoms with Crippen molar-refractivity contribution in [3.63, 3.8) is 0 Å². The fraction of sp³-hybridized carbons (Fsp3) is 0.333. The Labute approximate surface area is 81.2 Å². The first kappa shape index (κ1) is 9.11. The maximum Gasteiger partial charge on any atom is 0.121 e. The fourth-order valence-corrected chi connectivity index (χ4v) is 1.32. The normalized spacial score (nSPS) is 15.6. The molecule has 3 N–H and O–H groups in total. The zero-order chi connectivity index (χ0) is 10.1. The lowest BCUT2D eigenvalue weighted by atomic mass is 10.1. The van der Waals surface area contributed by atoms with Gasteiger partial charge in [-0.3, -0.25) is 0 Å². The zero-order valence-electron chi connectivity index (χ0n) is 7.83. The van der Waals surface area contributed by atoms with Gasteiger partial charge >= 0.3 is 0 Å². The van der Waals surface area contributed by atoms with Gasteiger partial charge in [0.25, 0.3) is 0 Å². The van der Waals surface area contributed by atoms with Crippen molar-refractivity contribution in [1.29, 1.82) is 0 Å². The third-order valence-corrected chi connectivity index (χ3v) is 2.13. The van der Waals surface area contributed by atoms with Crippen LogP contribution in [0.4, 0.5) is 0 Å². The number of aliphatic hydroxyl groups is 1. The average molecular weight is 192 g/mol. The van der Waals surface area contributed by atoms with E-state index in [1.807, 2.05) is 18.2 Å². The van der Waals surface area contributed by atoms with E-state index in [1.54, 1.807) is 17.6 Å². The Hall–Kier alpha value is -1.46. The topological polar surface area (TPSA) is 76.4 Å². The van der Waals surface area contributed by atoms with Crippen molar-refractivity contribution in [2.24, 2.45) is 5.73 Å². The van der Waals surface area contributed by atoms with E-state index in [1.165, 1.54) is 0 Å². The first-order valence-corrected chi connectivity index (χ1v) is 4.43. The maximum absolute atomic E-state index is 9.74. The van der Waals surface area contributed by atoms with Gasteiger partial charge in [0.1, 0.15) is 11.8 Å². The van der Waals surface area contributed by atoms with Crippen molar-refractivity contribution in [2.45, 2.75) is 19.1 Å². The Morgan fingerprint density at radius 1 is 1.50 bits per heavy atom. The third-order valence-electron chi connectivity index (χ3n) is 2.13. The second kappa shape index (κ2) is 3.36. The molecular formula is C9H12N4O. The Morgan fingerprint density at radius 3 is 3.00 bits per heavy atom. The quantitative estimate of drug-likeness (QED) is 0.708. The lowest BCUT2D eigenvalue weighted by molar-refractivity contribution is 0.150. The van der Waals surface area contributed by atoms with Gasteiger partial charge in [-0.1, -0.05) is 11.3 Å². The summed E-state index contributed by atoms with van der Waals surface area (Å²) in [6.07, 6.45) is 1.01. The predicted octanol–water partition coefficient (Wildman–Crippen LogP) is 0.110. The summed E-state index contributed by atoms with van der Waals surface area (Å²) >= 11 is 0. The van der Waals surface area contributed by atoms with Crippen LogP contribution in [0.25, 0.3) is 5.52 Å². The number of aromatic nitrogens is 3.